The molecule has 0 radical (unpaired) electrons. The Morgan fingerprint density at radius 1 is 1.10 bits per heavy atom. The Bertz CT molecular complexity index is 1130. The molecule has 1 aliphatic carbocycles. The zero-order valence-corrected chi connectivity index (χ0v) is 16.4. The first kappa shape index (κ1) is 18.9. The topological polar surface area (TPSA) is 61.4 Å². The van der Waals surface area contributed by atoms with Crippen molar-refractivity contribution in [1.82, 2.24) is 9.97 Å². The van der Waals surface area contributed by atoms with Crippen LogP contribution in [0, 0.1) is 11.6 Å². The highest BCUT2D eigenvalue weighted by Crippen LogP contribution is 2.38. The number of nitrogens with one attached hydrogen (secondary N) is 1. The van der Waals surface area contributed by atoms with Crippen LogP contribution in [0.3, 0.4) is 0 Å². The molecular weight excluding hydrogens is 386 g/mol. The number of carbonyl (C=O) groups is 1. The lowest BCUT2D eigenvalue weighted by Crippen LogP contribution is -2.30. The van der Waals surface area contributed by atoms with Gasteiger partial charge in [0, 0.05) is 23.0 Å². The Balaban J connectivity index is 1.63. The highest BCUT2D eigenvalue weighted by Gasteiger charge is 2.41. The molecule has 2 heterocycles. The van der Waals surface area contributed by atoms with E-state index in [1.165, 1.54) is 12.5 Å². The lowest BCUT2D eigenvalue weighted by Gasteiger charge is -2.27. The van der Waals surface area contributed by atoms with Crippen molar-refractivity contribution in [3.63, 3.8) is 0 Å². The summed E-state index contributed by atoms with van der Waals surface area (Å²) in [7, 11) is 0. The molecule has 30 heavy (non-hydrogen) atoms. The van der Waals surface area contributed by atoms with Gasteiger partial charge in [0.25, 0.3) is 0 Å². The third-order valence-corrected chi connectivity index (χ3v) is 6.06. The van der Waals surface area contributed by atoms with Crippen LogP contribution in [-0.2, 0) is 4.79 Å². The highest BCUT2D eigenvalue weighted by molar-refractivity contribution is 6.19. The molecule has 1 N–H and O–H groups in total. The van der Waals surface area contributed by atoms with Crippen LogP contribution in [0.5, 0.6) is 0 Å². The number of carbonyl (C=O) groups excluding carboxylic acids is 1. The molecule has 5 rings (SSSR count). The maximum absolute atomic E-state index is 14.8. The molecule has 154 valence electrons. The SMILES string of the molecule is O=C1CC(=NC2CCCCC2)C(c2cccc(F)c2F)N1c1ccc2nc[nH]c2c1. The molecule has 1 aliphatic heterocycles. The number of hydrogen-bond acceptors (Lipinski definition) is 3. The molecule has 2 aromatic carbocycles. The smallest absolute Gasteiger partial charge is 0.233 e. The maximum atomic E-state index is 14.8. The van der Waals surface area contributed by atoms with E-state index in [4.69, 9.17) is 4.99 Å². The Hall–Kier alpha value is -3.09. The van der Waals surface area contributed by atoms with Crippen molar-refractivity contribution >= 4 is 28.3 Å². The Morgan fingerprint density at radius 3 is 2.77 bits per heavy atom. The average molecular weight is 408 g/mol. The van der Waals surface area contributed by atoms with Gasteiger partial charge < -0.3 is 4.98 Å². The van der Waals surface area contributed by atoms with Crippen LogP contribution >= 0.6 is 0 Å². The molecule has 1 aromatic heterocycles. The van der Waals surface area contributed by atoms with Crippen molar-refractivity contribution in [1.29, 1.82) is 0 Å². The van der Waals surface area contributed by atoms with Crippen molar-refractivity contribution in [2.24, 2.45) is 4.99 Å². The fraction of sp³-hybridized carbons (Fsp3) is 0.348. The number of aromatic amines is 1. The number of imidazole rings is 1. The van der Waals surface area contributed by atoms with Crippen LogP contribution in [0.2, 0.25) is 0 Å². The van der Waals surface area contributed by atoms with Crippen molar-refractivity contribution in [3.05, 3.63) is 59.9 Å². The summed E-state index contributed by atoms with van der Waals surface area (Å²) in [6, 6.07) is 8.90. The molecule has 1 saturated heterocycles. The van der Waals surface area contributed by atoms with Gasteiger partial charge in [0.15, 0.2) is 11.6 Å². The van der Waals surface area contributed by atoms with E-state index in [2.05, 4.69) is 9.97 Å². The Labute approximate surface area is 172 Å². The minimum atomic E-state index is -0.929. The van der Waals surface area contributed by atoms with Gasteiger partial charge in [0.1, 0.15) is 6.04 Å². The van der Waals surface area contributed by atoms with Crippen molar-refractivity contribution in [2.75, 3.05) is 4.90 Å². The highest BCUT2D eigenvalue weighted by atomic mass is 19.2. The molecule has 1 atom stereocenters. The number of halogens is 2. The van der Waals surface area contributed by atoms with Gasteiger partial charge >= 0.3 is 0 Å². The van der Waals surface area contributed by atoms with Crippen LogP contribution < -0.4 is 4.90 Å². The lowest BCUT2D eigenvalue weighted by molar-refractivity contribution is -0.116. The maximum Gasteiger partial charge on any atom is 0.233 e. The lowest BCUT2D eigenvalue weighted by atomic mass is 9.95. The van der Waals surface area contributed by atoms with E-state index in [0.29, 0.717) is 11.4 Å². The van der Waals surface area contributed by atoms with Gasteiger partial charge in [0.05, 0.1) is 23.8 Å². The third-order valence-electron chi connectivity index (χ3n) is 6.06. The first-order valence-corrected chi connectivity index (χ1v) is 10.4. The fourth-order valence-electron chi connectivity index (χ4n) is 4.61. The zero-order valence-electron chi connectivity index (χ0n) is 16.4. The molecule has 1 amide bonds. The quantitative estimate of drug-likeness (QED) is 0.656. The summed E-state index contributed by atoms with van der Waals surface area (Å²) < 4.78 is 28.9. The number of hydrogen-bond donors (Lipinski definition) is 1. The van der Waals surface area contributed by atoms with Gasteiger partial charge in [-0.1, -0.05) is 31.4 Å². The molecular formula is C23H22F2N4O. The molecule has 0 bridgehead atoms. The Kier molecular flexibility index (Phi) is 4.81. The standard InChI is InChI=1S/C23H22F2N4O/c24-17-8-4-7-16(22(17)25)23-20(28-14-5-2-1-3-6-14)12-21(30)29(23)15-9-10-18-19(11-15)27-13-26-18/h4,7-11,13-14,23H,1-3,5-6,12H2,(H,26,27). The Morgan fingerprint density at radius 2 is 1.93 bits per heavy atom. The van der Waals surface area contributed by atoms with E-state index < -0.39 is 17.7 Å². The van der Waals surface area contributed by atoms with Crippen molar-refractivity contribution < 1.29 is 13.6 Å². The minimum absolute atomic E-state index is 0.109. The van der Waals surface area contributed by atoms with Gasteiger partial charge in [-0.25, -0.2) is 13.8 Å². The molecule has 0 spiro atoms. The largest absolute Gasteiger partial charge is 0.345 e. The molecule has 2 fully saturated rings. The summed E-state index contributed by atoms with van der Waals surface area (Å²) in [5, 5.41) is 0. The number of rotatable bonds is 3. The second-order valence-electron chi connectivity index (χ2n) is 8.00. The van der Waals surface area contributed by atoms with E-state index in [0.717, 1.165) is 42.8 Å². The minimum Gasteiger partial charge on any atom is -0.345 e. The second kappa shape index (κ2) is 7.63. The van der Waals surface area contributed by atoms with Gasteiger partial charge in [-0.2, -0.15) is 0 Å². The number of nitrogens with zero attached hydrogens (tertiary/aromatic N) is 3. The molecule has 3 aromatic rings. The molecule has 7 heteroatoms. The number of fused-ring (bicyclic) bond motifs is 1. The summed E-state index contributed by atoms with van der Waals surface area (Å²) in [6.45, 7) is 0. The summed E-state index contributed by atoms with van der Waals surface area (Å²) >= 11 is 0. The third kappa shape index (κ3) is 3.28. The van der Waals surface area contributed by atoms with Gasteiger partial charge in [-0.15, -0.1) is 0 Å². The molecule has 5 nitrogen and oxygen atoms in total. The second-order valence-corrected chi connectivity index (χ2v) is 8.00. The van der Waals surface area contributed by atoms with Crippen LogP contribution in [0.15, 0.2) is 47.7 Å². The van der Waals surface area contributed by atoms with Crippen molar-refractivity contribution in [3.8, 4) is 0 Å². The van der Waals surface area contributed by atoms with Crippen molar-refractivity contribution in [2.45, 2.75) is 50.6 Å². The van der Waals surface area contributed by atoms with Crippen LogP contribution in [-0.4, -0.2) is 27.6 Å². The number of H-pyrrole nitrogens is 1. The van der Waals surface area contributed by atoms with E-state index in [-0.39, 0.29) is 23.9 Å². The van der Waals surface area contributed by atoms with Gasteiger partial charge in [0.2, 0.25) is 5.91 Å². The first-order valence-electron chi connectivity index (χ1n) is 10.4. The fourth-order valence-corrected chi connectivity index (χ4v) is 4.61. The number of aliphatic imine (C=N–C) groups is 1. The van der Waals surface area contributed by atoms with E-state index in [9.17, 15) is 13.6 Å². The molecule has 1 unspecified atom stereocenters. The normalized spacial score (nSPS) is 21.8. The molecule has 2 aliphatic rings. The van der Waals surface area contributed by atoms with E-state index >= 15 is 0 Å². The monoisotopic (exact) mass is 408 g/mol. The average Bonchev–Trinajstić information content (AvgIpc) is 3.34. The summed E-state index contributed by atoms with van der Waals surface area (Å²) in [6.07, 6.45) is 7.03. The van der Waals surface area contributed by atoms with Crippen LogP contribution in [0.1, 0.15) is 50.1 Å². The van der Waals surface area contributed by atoms with Crippen LogP contribution in [0.25, 0.3) is 11.0 Å². The van der Waals surface area contributed by atoms with Gasteiger partial charge in [-0.3, -0.25) is 14.7 Å². The number of aromatic nitrogens is 2. The first-order chi connectivity index (χ1) is 14.6. The summed E-state index contributed by atoms with van der Waals surface area (Å²) in [5.41, 5.74) is 2.91. The van der Waals surface area contributed by atoms with E-state index in [1.807, 2.05) is 12.1 Å². The predicted octanol–water partition coefficient (Wildman–Crippen LogP) is 5.09. The molecule has 1 saturated carbocycles. The van der Waals surface area contributed by atoms with Crippen LogP contribution in [0.4, 0.5) is 14.5 Å². The number of anilines is 1. The number of benzene rings is 2. The van der Waals surface area contributed by atoms with Gasteiger partial charge in [-0.05, 0) is 37.1 Å². The predicted molar refractivity (Wildman–Crippen MR) is 112 cm³/mol. The zero-order chi connectivity index (χ0) is 20.7. The van der Waals surface area contributed by atoms with E-state index in [1.54, 1.807) is 23.4 Å². The summed E-state index contributed by atoms with van der Waals surface area (Å²) in [5.74, 6) is -2.02. The number of amides is 1. The summed E-state index contributed by atoms with van der Waals surface area (Å²) in [4.78, 5) is 26.8.